The van der Waals surface area contributed by atoms with Crippen LogP contribution in [0, 0.1) is 10.1 Å². The smallest absolute Gasteiger partial charge is 0.339 e. The molecule has 2 aromatic heterocycles. The molecule has 0 aromatic carbocycles. The number of nitrogens with two attached hydrogens (primary N) is 3. The van der Waals surface area contributed by atoms with Crippen molar-refractivity contribution >= 4 is 34.9 Å². The van der Waals surface area contributed by atoms with Gasteiger partial charge in [-0.1, -0.05) is 0 Å². The average Bonchev–Trinajstić information content (AvgIpc) is 2.63. The van der Waals surface area contributed by atoms with E-state index in [-0.39, 0.29) is 22.9 Å². The van der Waals surface area contributed by atoms with Gasteiger partial charge in [-0.3, -0.25) is 10.1 Å². The molecule has 26 heavy (non-hydrogen) atoms. The number of esters is 2. The van der Waals surface area contributed by atoms with Crippen molar-refractivity contribution in [2.24, 2.45) is 0 Å². The van der Waals surface area contributed by atoms with E-state index >= 15 is 0 Å². The van der Waals surface area contributed by atoms with Gasteiger partial charge in [0, 0.05) is 18.5 Å². The third-order valence-corrected chi connectivity index (χ3v) is 2.89. The molecule has 2 heterocycles. The normalized spacial score (nSPS) is 9.46. The predicted octanol–water partition coefficient (Wildman–Crippen LogP) is 0.391. The molecule has 0 amide bonds. The highest BCUT2D eigenvalue weighted by Crippen LogP contribution is 2.19. The van der Waals surface area contributed by atoms with Gasteiger partial charge in [0.15, 0.2) is 0 Å². The lowest BCUT2D eigenvalue weighted by atomic mass is 10.2. The van der Waals surface area contributed by atoms with Crippen LogP contribution in [0.2, 0.25) is 0 Å². The van der Waals surface area contributed by atoms with Gasteiger partial charge in [-0.25, -0.2) is 19.6 Å². The maximum absolute atomic E-state index is 11.0. The van der Waals surface area contributed by atoms with Crippen molar-refractivity contribution in [2.45, 2.75) is 0 Å². The molecule has 12 heteroatoms. The van der Waals surface area contributed by atoms with Gasteiger partial charge in [0.05, 0.1) is 36.0 Å². The van der Waals surface area contributed by atoms with Gasteiger partial charge in [0.1, 0.15) is 5.82 Å². The monoisotopic (exact) mass is 364 g/mol. The summed E-state index contributed by atoms with van der Waals surface area (Å²) in [5.41, 5.74) is 16.1. The molecule has 0 radical (unpaired) electrons. The molecule has 0 saturated heterocycles. The molecule has 6 N–H and O–H groups in total. The number of nitrogen functional groups attached to an aromatic ring is 3. The van der Waals surface area contributed by atoms with Gasteiger partial charge in [-0.2, -0.15) is 0 Å². The van der Waals surface area contributed by atoms with Crippen LogP contribution >= 0.6 is 0 Å². The molecule has 0 unspecified atom stereocenters. The first kappa shape index (κ1) is 20.1. The van der Waals surface area contributed by atoms with Crippen LogP contribution in [0.1, 0.15) is 20.7 Å². The van der Waals surface area contributed by atoms with E-state index in [0.29, 0.717) is 5.56 Å². The van der Waals surface area contributed by atoms with Gasteiger partial charge < -0.3 is 26.7 Å². The summed E-state index contributed by atoms with van der Waals surface area (Å²) in [6, 6.07) is 2.45. The summed E-state index contributed by atoms with van der Waals surface area (Å²) < 4.78 is 8.82. The first-order chi connectivity index (χ1) is 12.2. The molecule has 138 valence electrons. The second-order valence-corrected chi connectivity index (χ2v) is 4.57. The second-order valence-electron chi connectivity index (χ2n) is 4.57. The Kier molecular flexibility index (Phi) is 6.77. The zero-order chi connectivity index (χ0) is 19.9. The number of hydrogen-bond acceptors (Lipinski definition) is 11. The Balaban J connectivity index is 0.000000263. The molecule has 0 atom stereocenters. The van der Waals surface area contributed by atoms with E-state index in [2.05, 4.69) is 19.4 Å². The number of anilines is 3. The second kappa shape index (κ2) is 8.77. The summed E-state index contributed by atoms with van der Waals surface area (Å²) in [6.07, 6.45) is 2.44. The van der Waals surface area contributed by atoms with Crippen LogP contribution in [0.3, 0.4) is 0 Å². The van der Waals surface area contributed by atoms with Crippen molar-refractivity contribution < 1.29 is 24.0 Å². The first-order valence-corrected chi connectivity index (χ1v) is 6.78. The largest absolute Gasteiger partial charge is 0.465 e. The van der Waals surface area contributed by atoms with Crippen LogP contribution < -0.4 is 17.2 Å². The van der Waals surface area contributed by atoms with Crippen molar-refractivity contribution in [1.29, 1.82) is 0 Å². The minimum absolute atomic E-state index is 0.00611. The van der Waals surface area contributed by atoms with Crippen LogP contribution in [0.15, 0.2) is 24.5 Å². The fourth-order valence-electron chi connectivity index (χ4n) is 1.56. The molecule has 0 fully saturated rings. The highest BCUT2D eigenvalue weighted by atomic mass is 16.6. The number of carbonyl (C=O) groups excluding carboxylic acids is 2. The zero-order valence-electron chi connectivity index (χ0n) is 13.8. The maximum atomic E-state index is 11.0. The Morgan fingerprint density at radius 3 is 1.85 bits per heavy atom. The SMILES string of the molecule is COC(=O)c1cnc(N)c(N)c1.COC(=O)c1cnc(N)c([N+](=O)[O-])c1. The Labute approximate surface area is 147 Å². The summed E-state index contributed by atoms with van der Waals surface area (Å²) in [5.74, 6) is -1.19. The van der Waals surface area contributed by atoms with E-state index in [0.717, 1.165) is 12.3 Å². The molecular weight excluding hydrogens is 348 g/mol. The number of aromatic nitrogens is 2. The van der Waals surface area contributed by atoms with Gasteiger partial charge >= 0.3 is 17.6 Å². The summed E-state index contributed by atoms with van der Waals surface area (Å²) in [5, 5.41) is 10.4. The zero-order valence-corrected chi connectivity index (χ0v) is 13.8. The van der Waals surface area contributed by atoms with Crippen molar-refractivity contribution in [3.63, 3.8) is 0 Å². The van der Waals surface area contributed by atoms with E-state index in [1.165, 1.54) is 26.5 Å². The summed E-state index contributed by atoms with van der Waals surface area (Å²) in [4.78, 5) is 38.8. The van der Waals surface area contributed by atoms with E-state index < -0.39 is 22.5 Å². The molecule has 0 aliphatic heterocycles. The molecule has 0 aliphatic rings. The molecular formula is C14H16N6O6. The van der Waals surface area contributed by atoms with Crippen molar-refractivity contribution in [3.05, 3.63) is 45.8 Å². The lowest BCUT2D eigenvalue weighted by Crippen LogP contribution is -2.05. The number of hydrogen-bond donors (Lipinski definition) is 3. The number of carbonyl (C=O) groups is 2. The molecule has 0 aliphatic carbocycles. The fourth-order valence-corrected chi connectivity index (χ4v) is 1.56. The predicted molar refractivity (Wildman–Crippen MR) is 91.0 cm³/mol. The van der Waals surface area contributed by atoms with Crippen molar-refractivity contribution in [1.82, 2.24) is 9.97 Å². The summed E-state index contributed by atoms with van der Waals surface area (Å²) in [7, 11) is 2.46. The highest BCUT2D eigenvalue weighted by Gasteiger charge is 2.17. The van der Waals surface area contributed by atoms with Crippen molar-refractivity contribution in [3.8, 4) is 0 Å². The van der Waals surface area contributed by atoms with Crippen LogP contribution in [-0.4, -0.2) is 41.0 Å². The van der Waals surface area contributed by atoms with E-state index in [1.807, 2.05) is 0 Å². The molecule has 0 spiro atoms. The van der Waals surface area contributed by atoms with Gasteiger partial charge in [-0.05, 0) is 6.07 Å². The number of ether oxygens (including phenoxy) is 2. The Bertz CT molecular complexity index is 841. The minimum atomic E-state index is -0.714. The highest BCUT2D eigenvalue weighted by molar-refractivity contribution is 5.91. The van der Waals surface area contributed by atoms with Gasteiger partial charge in [0.2, 0.25) is 5.82 Å². The Hall–Kier alpha value is -3.96. The number of rotatable bonds is 3. The van der Waals surface area contributed by atoms with Crippen LogP contribution in [0.25, 0.3) is 0 Å². The maximum Gasteiger partial charge on any atom is 0.339 e. The first-order valence-electron chi connectivity index (χ1n) is 6.78. The molecule has 2 rings (SSSR count). The van der Waals surface area contributed by atoms with Gasteiger partial charge in [0.25, 0.3) is 0 Å². The van der Waals surface area contributed by atoms with Crippen LogP contribution in [0.5, 0.6) is 0 Å². The summed E-state index contributed by atoms with van der Waals surface area (Å²) in [6.45, 7) is 0. The summed E-state index contributed by atoms with van der Waals surface area (Å²) >= 11 is 0. The quantitative estimate of drug-likeness (QED) is 0.386. The number of methoxy groups -OCH3 is 2. The number of nitrogens with zero attached hydrogens (tertiary/aromatic N) is 3. The fraction of sp³-hybridized carbons (Fsp3) is 0.143. The van der Waals surface area contributed by atoms with E-state index in [9.17, 15) is 19.7 Å². The van der Waals surface area contributed by atoms with E-state index in [1.54, 1.807) is 0 Å². The molecule has 2 aromatic rings. The lowest BCUT2D eigenvalue weighted by Gasteiger charge is -2.01. The van der Waals surface area contributed by atoms with Gasteiger partial charge in [-0.15, -0.1) is 0 Å². The Morgan fingerprint density at radius 2 is 1.42 bits per heavy atom. The topological polar surface area (TPSA) is 200 Å². The Morgan fingerprint density at radius 1 is 0.962 bits per heavy atom. The van der Waals surface area contributed by atoms with Crippen LogP contribution in [0.4, 0.5) is 23.0 Å². The number of nitro groups is 1. The van der Waals surface area contributed by atoms with E-state index in [4.69, 9.17) is 17.2 Å². The minimum Gasteiger partial charge on any atom is -0.465 e. The van der Waals surface area contributed by atoms with Crippen LogP contribution in [-0.2, 0) is 9.47 Å². The standard InChI is InChI=1S/C7H7N3O4.C7H9N3O2/c1-14-7(11)4-2-5(10(12)13)6(8)9-3-4;1-12-7(11)4-2-5(8)6(9)10-3-4/h2-3H,1H3,(H2,8,9);2-3H,8H2,1H3,(H2,9,10). The third-order valence-electron chi connectivity index (χ3n) is 2.89. The molecule has 0 bridgehead atoms. The number of pyridine rings is 2. The van der Waals surface area contributed by atoms with Crippen molar-refractivity contribution in [2.75, 3.05) is 31.4 Å². The molecule has 12 nitrogen and oxygen atoms in total. The average molecular weight is 364 g/mol. The lowest BCUT2D eigenvalue weighted by molar-refractivity contribution is -0.384. The molecule has 0 saturated carbocycles. The third kappa shape index (κ3) is 5.02.